The van der Waals surface area contributed by atoms with Gasteiger partial charge in [0, 0.05) is 6.42 Å². The van der Waals surface area contributed by atoms with Crippen molar-refractivity contribution in [2.24, 2.45) is 5.16 Å². The zero-order valence-corrected chi connectivity index (χ0v) is 14.8. The molecule has 0 aliphatic carbocycles. The van der Waals surface area contributed by atoms with E-state index < -0.39 is 30.3 Å². The third-order valence-electron chi connectivity index (χ3n) is 4.10. The van der Waals surface area contributed by atoms with Crippen LogP contribution in [0.5, 0.6) is 0 Å². The molecule has 0 unspecified atom stereocenters. The molecule has 0 spiro atoms. The normalized spacial score (nSPS) is 26.2. The summed E-state index contributed by atoms with van der Waals surface area (Å²) >= 11 is 0. The van der Waals surface area contributed by atoms with E-state index in [2.05, 4.69) is 5.16 Å². The maximum atomic E-state index is 12.1. The van der Waals surface area contributed by atoms with Gasteiger partial charge in [0.15, 0.2) is 12.1 Å². The van der Waals surface area contributed by atoms with Gasteiger partial charge in [0.05, 0.1) is 24.5 Å². The summed E-state index contributed by atoms with van der Waals surface area (Å²) in [7, 11) is 0. The molecule has 1 aromatic rings. The van der Waals surface area contributed by atoms with Gasteiger partial charge in [-0.15, -0.1) is 0 Å². The second-order valence-corrected chi connectivity index (χ2v) is 6.53. The van der Waals surface area contributed by atoms with Crippen LogP contribution in [0.4, 0.5) is 0 Å². The highest BCUT2D eigenvalue weighted by molar-refractivity contribution is 5.90. The largest absolute Gasteiger partial charge is 0.459 e. The molecule has 1 N–H and O–H groups in total. The summed E-state index contributed by atoms with van der Waals surface area (Å²) in [5.74, 6) is -1.36. The molecule has 2 aliphatic heterocycles. The lowest BCUT2D eigenvalue weighted by molar-refractivity contribution is -0.146. The van der Waals surface area contributed by atoms with Crippen molar-refractivity contribution in [3.05, 3.63) is 35.9 Å². The van der Waals surface area contributed by atoms with E-state index in [1.54, 1.807) is 38.1 Å². The molecule has 0 aromatic heterocycles. The highest BCUT2D eigenvalue weighted by atomic mass is 16.8. The van der Waals surface area contributed by atoms with Crippen LogP contribution in [0.3, 0.4) is 0 Å². The maximum Gasteiger partial charge on any atom is 0.338 e. The van der Waals surface area contributed by atoms with Crippen molar-refractivity contribution in [2.75, 3.05) is 19.8 Å². The zero-order chi connectivity index (χ0) is 18.6. The van der Waals surface area contributed by atoms with Crippen molar-refractivity contribution < 1.29 is 33.7 Å². The predicted molar refractivity (Wildman–Crippen MR) is 90.1 cm³/mol. The van der Waals surface area contributed by atoms with Gasteiger partial charge in [-0.2, -0.15) is 0 Å². The Labute approximate surface area is 151 Å². The molecular weight excluding hydrogens is 342 g/mol. The fraction of sp³-hybridized carbons (Fsp3) is 0.556. The van der Waals surface area contributed by atoms with Crippen LogP contribution in [0, 0.1) is 0 Å². The van der Waals surface area contributed by atoms with Gasteiger partial charge in [0.2, 0.25) is 0 Å². The summed E-state index contributed by atoms with van der Waals surface area (Å²) in [5, 5.41) is 12.8. The summed E-state index contributed by atoms with van der Waals surface area (Å²) in [6, 6.07) is 8.68. The number of hydrogen-bond donors (Lipinski definition) is 1. The Morgan fingerprint density at radius 3 is 2.58 bits per heavy atom. The second-order valence-electron chi connectivity index (χ2n) is 6.53. The smallest absolute Gasteiger partial charge is 0.338 e. The van der Waals surface area contributed by atoms with E-state index in [1.807, 2.05) is 6.07 Å². The van der Waals surface area contributed by atoms with Crippen LogP contribution in [0.1, 0.15) is 30.6 Å². The average Bonchev–Trinajstić information content (AvgIpc) is 3.25. The molecular formula is C18H23NO7. The highest BCUT2D eigenvalue weighted by Gasteiger charge is 2.45. The third-order valence-corrected chi connectivity index (χ3v) is 4.10. The van der Waals surface area contributed by atoms with Gasteiger partial charge in [-0.05, 0) is 26.0 Å². The van der Waals surface area contributed by atoms with E-state index in [9.17, 15) is 10.0 Å². The third kappa shape index (κ3) is 4.59. The fourth-order valence-corrected chi connectivity index (χ4v) is 2.96. The lowest BCUT2D eigenvalue weighted by Crippen LogP contribution is -2.37. The molecule has 1 aromatic carbocycles. The minimum atomic E-state index is -0.901. The molecule has 0 saturated carbocycles. The Morgan fingerprint density at radius 1 is 1.23 bits per heavy atom. The first-order valence-electron chi connectivity index (χ1n) is 8.50. The van der Waals surface area contributed by atoms with Crippen LogP contribution in [-0.4, -0.2) is 61.0 Å². The molecule has 8 nitrogen and oxygen atoms in total. The molecule has 2 saturated heterocycles. The number of ether oxygens (including phenoxy) is 5. The minimum absolute atomic E-state index is 0.0345. The molecule has 0 amide bonds. The van der Waals surface area contributed by atoms with Crippen molar-refractivity contribution in [2.45, 2.75) is 44.6 Å². The highest BCUT2D eigenvalue weighted by Crippen LogP contribution is 2.31. The lowest BCUT2D eigenvalue weighted by Gasteiger charge is -2.19. The van der Waals surface area contributed by atoms with Crippen molar-refractivity contribution in [1.29, 1.82) is 0 Å². The van der Waals surface area contributed by atoms with E-state index >= 15 is 0 Å². The van der Waals surface area contributed by atoms with Crippen molar-refractivity contribution in [3.8, 4) is 0 Å². The maximum absolute atomic E-state index is 12.1. The summed E-state index contributed by atoms with van der Waals surface area (Å²) < 4.78 is 27.8. The van der Waals surface area contributed by atoms with Crippen LogP contribution in [-0.2, 0) is 23.7 Å². The number of esters is 1. The average molecular weight is 365 g/mol. The molecule has 2 fully saturated rings. The number of benzene rings is 1. The van der Waals surface area contributed by atoms with Crippen LogP contribution in [0.15, 0.2) is 35.5 Å². The number of carbonyl (C=O) groups excluding carboxylic acids is 1. The summed E-state index contributed by atoms with van der Waals surface area (Å²) in [6.07, 6.45) is -1.53. The van der Waals surface area contributed by atoms with E-state index in [1.165, 1.54) is 0 Å². The second kappa shape index (κ2) is 8.13. The molecule has 26 heavy (non-hydrogen) atoms. The van der Waals surface area contributed by atoms with Crippen molar-refractivity contribution in [3.63, 3.8) is 0 Å². The molecule has 0 bridgehead atoms. The Balaban J connectivity index is 1.64. The molecule has 142 valence electrons. The number of hydrogen-bond acceptors (Lipinski definition) is 8. The van der Waals surface area contributed by atoms with Crippen LogP contribution < -0.4 is 0 Å². The monoisotopic (exact) mass is 365 g/mol. The molecule has 8 heteroatoms. The molecule has 0 radical (unpaired) electrons. The van der Waals surface area contributed by atoms with Crippen LogP contribution in [0.2, 0.25) is 0 Å². The van der Waals surface area contributed by atoms with Gasteiger partial charge in [-0.1, -0.05) is 23.4 Å². The van der Waals surface area contributed by atoms with Gasteiger partial charge in [-0.25, -0.2) is 4.79 Å². The zero-order valence-electron chi connectivity index (χ0n) is 14.8. The standard InChI is InChI=1S/C18H23NO7/c1-18(2)25-14(11-24-17(20)12-6-4-3-5-7-12)16(26-18)13(19-21)10-15-22-8-9-23-15/h3-7,14-16,21H,8-11H2,1-2H3/b19-13+/t14-,16-/m0/s1. The molecule has 2 heterocycles. The van der Waals surface area contributed by atoms with E-state index in [0.29, 0.717) is 24.5 Å². The Bertz CT molecular complexity index is 640. The minimum Gasteiger partial charge on any atom is -0.459 e. The van der Waals surface area contributed by atoms with Crippen molar-refractivity contribution in [1.82, 2.24) is 0 Å². The van der Waals surface area contributed by atoms with Gasteiger partial charge >= 0.3 is 5.97 Å². The summed E-state index contributed by atoms with van der Waals surface area (Å²) in [5.41, 5.74) is 0.772. The van der Waals surface area contributed by atoms with Gasteiger partial charge in [0.25, 0.3) is 0 Å². The van der Waals surface area contributed by atoms with E-state index in [4.69, 9.17) is 23.7 Å². The Hall–Kier alpha value is -2.00. The first kappa shape index (κ1) is 18.8. The lowest BCUT2D eigenvalue weighted by atomic mass is 10.1. The van der Waals surface area contributed by atoms with Gasteiger partial charge in [0.1, 0.15) is 18.8 Å². The summed E-state index contributed by atoms with van der Waals surface area (Å²) in [4.78, 5) is 12.1. The Kier molecular flexibility index (Phi) is 5.87. The van der Waals surface area contributed by atoms with Crippen molar-refractivity contribution >= 4 is 11.7 Å². The predicted octanol–water partition coefficient (Wildman–Crippen LogP) is 1.96. The van der Waals surface area contributed by atoms with Crippen LogP contribution >= 0.6 is 0 Å². The summed E-state index contributed by atoms with van der Waals surface area (Å²) in [6.45, 7) is 4.45. The number of carbonyl (C=O) groups is 1. The number of nitrogens with zero attached hydrogens (tertiary/aromatic N) is 1. The quantitative estimate of drug-likeness (QED) is 0.356. The molecule has 2 atom stereocenters. The number of oxime groups is 1. The SMILES string of the molecule is CC1(C)O[C@@H](COC(=O)c2ccccc2)[C@H](/C(CC2OCCO2)=N/O)O1. The van der Waals surface area contributed by atoms with Crippen LogP contribution in [0.25, 0.3) is 0 Å². The fourth-order valence-electron chi connectivity index (χ4n) is 2.96. The van der Waals surface area contributed by atoms with E-state index in [-0.39, 0.29) is 13.0 Å². The van der Waals surface area contributed by atoms with Gasteiger partial charge in [-0.3, -0.25) is 0 Å². The Morgan fingerprint density at radius 2 is 1.92 bits per heavy atom. The van der Waals surface area contributed by atoms with E-state index in [0.717, 1.165) is 0 Å². The molecule has 2 aliphatic rings. The molecule has 3 rings (SSSR count). The first-order valence-corrected chi connectivity index (χ1v) is 8.50. The first-order chi connectivity index (χ1) is 12.5. The number of rotatable bonds is 6. The van der Waals surface area contributed by atoms with Gasteiger partial charge < -0.3 is 28.9 Å². The topological polar surface area (TPSA) is 95.8 Å².